The summed E-state index contributed by atoms with van der Waals surface area (Å²) in [5.41, 5.74) is 0.858. The molecule has 0 saturated heterocycles. The van der Waals surface area contributed by atoms with Crippen molar-refractivity contribution in [3.63, 3.8) is 0 Å². The van der Waals surface area contributed by atoms with E-state index in [9.17, 15) is 9.59 Å². The summed E-state index contributed by atoms with van der Waals surface area (Å²) >= 11 is 1.52. The minimum Gasteiger partial charge on any atom is -0.478 e. The molecule has 1 heterocycles. The van der Waals surface area contributed by atoms with Crippen LogP contribution >= 0.6 is 11.3 Å². The largest absolute Gasteiger partial charge is 0.478 e. The first-order valence-corrected chi connectivity index (χ1v) is 7.27. The number of carbonyl (C=O) groups excluding carboxylic acids is 1. The SMILES string of the molecule is O=C(O)/C=C/c1ccsc1CNC(=O)CC1CCC1. The minimum absolute atomic E-state index is 0.0891. The van der Waals surface area contributed by atoms with E-state index < -0.39 is 5.97 Å². The van der Waals surface area contributed by atoms with Gasteiger partial charge < -0.3 is 10.4 Å². The van der Waals surface area contributed by atoms with Crippen LogP contribution in [0, 0.1) is 5.92 Å². The third kappa shape index (κ3) is 4.21. The van der Waals surface area contributed by atoms with Crippen molar-refractivity contribution < 1.29 is 14.7 Å². The van der Waals surface area contributed by atoms with Gasteiger partial charge in [0.25, 0.3) is 0 Å². The molecule has 0 atom stereocenters. The van der Waals surface area contributed by atoms with E-state index in [0.717, 1.165) is 16.5 Å². The van der Waals surface area contributed by atoms with Gasteiger partial charge >= 0.3 is 5.97 Å². The number of hydrogen-bond donors (Lipinski definition) is 2. The quantitative estimate of drug-likeness (QED) is 0.787. The summed E-state index contributed by atoms with van der Waals surface area (Å²) in [6.07, 6.45) is 6.87. The molecule has 102 valence electrons. The van der Waals surface area contributed by atoms with Crippen molar-refractivity contribution in [2.45, 2.75) is 32.2 Å². The molecule has 1 aliphatic carbocycles. The molecule has 1 aromatic heterocycles. The first-order valence-electron chi connectivity index (χ1n) is 6.39. The van der Waals surface area contributed by atoms with E-state index >= 15 is 0 Å². The molecular formula is C14H17NO3S. The van der Waals surface area contributed by atoms with Crippen molar-refractivity contribution in [1.29, 1.82) is 0 Å². The van der Waals surface area contributed by atoms with Gasteiger partial charge in [-0.2, -0.15) is 0 Å². The highest BCUT2D eigenvalue weighted by molar-refractivity contribution is 7.10. The second-order valence-electron chi connectivity index (χ2n) is 4.75. The summed E-state index contributed by atoms with van der Waals surface area (Å²) in [5.74, 6) is -0.313. The van der Waals surface area contributed by atoms with E-state index in [1.54, 1.807) is 6.08 Å². The number of nitrogens with one attached hydrogen (secondary N) is 1. The highest BCUT2D eigenvalue weighted by Crippen LogP contribution is 2.29. The maximum Gasteiger partial charge on any atom is 0.328 e. The molecule has 0 unspecified atom stereocenters. The Hall–Kier alpha value is -1.62. The van der Waals surface area contributed by atoms with Gasteiger partial charge in [-0.05, 0) is 41.8 Å². The van der Waals surface area contributed by atoms with Gasteiger partial charge in [-0.1, -0.05) is 6.42 Å². The van der Waals surface area contributed by atoms with Gasteiger partial charge in [-0.25, -0.2) is 4.79 Å². The second-order valence-corrected chi connectivity index (χ2v) is 5.75. The number of amides is 1. The number of thiophene rings is 1. The fraction of sp³-hybridized carbons (Fsp3) is 0.429. The van der Waals surface area contributed by atoms with E-state index in [1.807, 2.05) is 11.4 Å². The van der Waals surface area contributed by atoms with E-state index in [1.165, 1.54) is 30.6 Å². The Morgan fingerprint density at radius 2 is 2.26 bits per heavy atom. The molecular weight excluding hydrogens is 262 g/mol. The molecule has 0 aromatic carbocycles. The molecule has 1 aromatic rings. The lowest BCUT2D eigenvalue weighted by atomic mass is 9.83. The Morgan fingerprint density at radius 1 is 1.47 bits per heavy atom. The van der Waals surface area contributed by atoms with E-state index in [4.69, 9.17) is 5.11 Å². The monoisotopic (exact) mass is 279 g/mol. The third-order valence-electron chi connectivity index (χ3n) is 3.33. The second kappa shape index (κ2) is 6.52. The van der Waals surface area contributed by atoms with Crippen LogP contribution in [-0.2, 0) is 16.1 Å². The van der Waals surface area contributed by atoms with E-state index in [0.29, 0.717) is 18.9 Å². The lowest BCUT2D eigenvalue weighted by molar-refractivity contribution is -0.131. The lowest BCUT2D eigenvalue weighted by Crippen LogP contribution is -2.27. The van der Waals surface area contributed by atoms with Crippen LogP contribution < -0.4 is 5.32 Å². The highest BCUT2D eigenvalue weighted by atomic mass is 32.1. The Labute approximate surface area is 116 Å². The third-order valence-corrected chi connectivity index (χ3v) is 4.27. The number of carboxylic acids is 1. The Kier molecular flexibility index (Phi) is 4.74. The lowest BCUT2D eigenvalue weighted by Gasteiger charge is -2.24. The number of aliphatic carboxylic acids is 1. The molecule has 1 fully saturated rings. The zero-order valence-corrected chi connectivity index (χ0v) is 11.4. The molecule has 19 heavy (non-hydrogen) atoms. The standard InChI is InChI=1S/C14H17NO3S/c16-13(8-10-2-1-3-10)15-9-12-11(6-7-19-12)4-5-14(17)18/h4-7,10H,1-3,8-9H2,(H,15,16)(H,17,18)/b5-4+. The Bertz CT molecular complexity index is 489. The molecule has 1 amide bonds. The first kappa shape index (κ1) is 13.8. The maximum absolute atomic E-state index is 11.7. The normalized spacial score (nSPS) is 15.4. The zero-order valence-electron chi connectivity index (χ0n) is 10.6. The van der Waals surface area contributed by atoms with Crippen molar-refractivity contribution in [1.82, 2.24) is 5.32 Å². The maximum atomic E-state index is 11.7. The highest BCUT2D eigenvalue weighted by Gasteiger charge is 2.20. The minimum atomic E-state index is -0.967. The summed E-state index contributed by atoms with van der Waals surface area (Å²) in [5, 5.41) is 13.4. The van der Waals surface area contributed by atoms with Crippen LogP contribution in [0.2, 0.25) is 0 Å². The van der Waals surface area contributed by atoms with Crippen molar-refractivity contribution in [3.8, 4) is 0 Å². The summed E-state index contributed by atoms with van der Waals surface area (Å²) in [7, 11) is 0. The van der Waals surface area contributed by atoms with Crippen LogP contribution in [0.3, 0.4) is 0 Å². The molecule has 4 nitrogen and oxygen atoms in total. The topological polar surface area (TPSA) is 66.4 Å². The van der Waals surface area contributed by atoms with Gasteiger partial charge in [0.15, 0.2) is 0 Å². The fourth-order valence-electron chi connectivity index (χ4n) is 2.01. The van der Waals surface area contributed by atoms with Crippen molar-refractivity contribution in [2.75, 3.05) is 0 Å². The van der Waals surface area contributed by atoms with Gasteiger partial charge in [0, 0.05) is 17.4 Å². The van der Waals surface area contributed by atoms with Crippen molar-refractivity contribution in [2.24, 2.45) is 5.92 Å². The van der Waals surface area contributed by atoms with Crippen LogP contribution in [0.15, 0.2) is 17.5 Å². The van der Waals surface area contributed by atoms with Crippen LogP contribution in [0.25, 0.3) is 6.08 Å². The average molecular weight is 279 g/mol. The molecule has 1 aliphatic rings. The fourth-order valence-corrected chi connectivity index (χ4v) is 2.82. The number of hydrogen-bond acceptors (Lipinski definition) is 3. The molecule has 0 bridgehead atoms. The van der Waals surface area contributed by atoms with Crippen LogP contribution in [0.4, 0.5) is 0 Å². The molecule has 0 spiro atoms. The number of carbonyl (C=O) groups is 2. The Balaban J connectivity index is 1.83. The van der Waals surface area contributed by atoms with Crippen molar-refractivity contribution in [3.05, 3.63) is 28.0 Å². The van der Waals surface area contributed by atoms with Gasteiger partial charge in [0.1, 0.15) is 0 Å². The summed E-state index contributed by atoms with van der Waals surface area (Å²) in [4.78, 5) is 23.2. The first-order chi connectivity index (χ1) is 9.15. The summed E-state index contributed by atoms with van der Waals surface area (Å²) in [6.45, 7) is 0.475. The van der Waals surface area contributed by atoms with Crippen molar-refractivity contribution >= 4 is 29.3 Å². The number of rotatable bonds is 6. The molecule has 0 radical (unpaired) electrons. The molecule has 0 aliphatic heterocycles. The Morgan fingerprint density at radius 3 is 2.89 bits per heavy atom. The number of carboxylic acid groups (broad SMARTS) is 1. The zero-order chi connectivity index (χ0) is 13.7. The van der Waals surface area contributed by atoms with Gasteiger partial charge in [-0.3, -0.25) is 4.79 Å². The van der Waals surface area contributed by atoms with Crippen LogP contribution in [0.5, 0.6) is 0 Å². The molecule has 2 N–H and O–H groups in total. The predicted molar refractivity (Wildman–Crippen MR) is 74.8 cm³/mol. The van der Waals surface area contributed by atoms with E-state index in [-0.39, 0.29) is 5.91 Å². The predicted octanol–water partition coefficient (Wildman–Crippen LogP) is 2.65. The molecule has 1 saturated carbocycles. The average Bonchev–Trinajstić information content (AvgIpc) is 2.76. The summed E-state index contributed by atoms with van der Waals surface area (Å²) in [6, 6.07) is 1.86. The summed E-state index contributed by atoms with van der Waals surface area (Å²) < 4.78 is 0. The van der Waals surface area contributed by atoms with Crippen LogP contribution in [-0.4, -0.2) is 17.0 Å². The molecule has 2 rings (SSSR count). The molecule has 5 heteroatoms. The van der Waals surface area contributed by atoms with E-state index in [2.05, 4.69) is 5.32 Å². The van der Waals surface area contributed by atoms with Gasteiger partial charge in [-0.15, -0.1) is 11.3 Å². The smallest absolute Gasteiger partial charge is 0.328 e. The van der Waals surface area contributed by atoms with Crippen LogP contribution in [0.1, 0.15) is 36.1 Å². The van der Waals surface area contributed by atoms with Gasteiger partial charge in [0.05, 0.1) is 6.54 Å². The van der Waals surface area contributed by atoms with Gasteiger partial charge in [0.2, 0.25) is 5.91 Å².